The molecular formula is C39H48O7. The first-order valence-electron chi connectivity index (χ1n) is 16.7. The van der Waals surface area contributed by atoms with Gasteiger partial charge < -0.3 is 20.4 Å². The van der Waals surface area contributed by atoms with Crippen LogP contribution in [0.2, 0.25) is 0 Å². The Balaban J connectivity index is 1.78. The standard InChI is InChI=1S/C39H48O7/c1-9-22(10-2)16-23-12-13-24(11-3)26(17-23)25-14-15-28(41)30-27(25)18-37(7)19-38(8)31(20(4)5)33(42)29(21(6)40)35(44)39(38,46)36(45)32(37)34(30)43/h12-15,17,20,22,31,41,43-44,46H,9-11,16,18-19H2,1-8H3/t31?,37-,38-,39+/m1/s1. The van der Waals surface area contributed by atoms with Gasteiger partial charge in [0, 0.05) is 22.3 Å². The van der Waals surface area contributed by atoms with Crippen LogP contribution in [0.25, 0.3) is 16.9 Å². The second-order valence-corrected chi connectivity index (χ2v) is 14.7. The highest BCUT2D eigenvalue weighted by Crippen LogP contribution is 2.65. The van der Waals surface area contributed by atoms with E-state index >= 15 is 0 Å². The van der Waals surface area contributed by atoms with Gasteiger partial charge in [-0.15, -0.1) is 0 Å². The Labute approximate surface area is 272 Å². The van der Waals surface area contributed by atoms with E-state index in [1.54, 1.807) is 20.8 Å². The second kappa shape index (κ2) is 11.5. The SMILES string of the molecule is CCc1ccc(CC(CC)CC)cc1-c1ccc(O)c2c1C[C@]1(C)C[C@]3(C)C(C(C)C)C(=O)C(C(C)=O)=C(O)[C@]3(O)C(=O)C1=C2O. The number of hydrogen-bond acceptors (Lipinski definition) is 7. The predicted octanol–water partition coefficient (Wildman–Crippen LogP) is 7.40. The minimum Gasteiger partial charge on any atom is -0.508 e. The molecule has 2 aromatic carbocycles. The molecule has 0 heterocycles. The Morgan fingerprint density at radius 1 is 0.978 bits per heavy atom. The molecule has 0 saturated heterocycles. The first kappa shape index (κ1) is 33.6. The third-order valence-electron chi connectivity index (χ3n) is 11.4. The summed E-state index contributed by atoms with van der Waals surface area (Å²) in [7, 11) is 0. The van der Waals surface area contributed by atoms with Crippen molar-refractivity contribution in [1.82, 2.24) is 0 Å². The quantitative estimate of drug-likeness (QED) is 0.224. The van der Waals surface area contributed by atoms with Crippen LogP contribution in [0.1, 0.15) is 96.9 Å². The maximum absolute atomic E-state index is 14.6. The van der Waals surface area contributed by atoms with Gasteiger partial charge in [0.2, 0.25) is 5.78 Å². The van der Waals surface area contributed by atoms with Crippen LogP contribution >= 0.6 is 0 Å². The van der Waals surface area contributed by atoms with Crippen molar-refractivity contribution >= 4 is 23.1 Å². The normalized spacial score (nSPS) is 27.7. The summed E-state index contributed by atoms with van der Waals surface area (Å²) in [5.74, 6) is -4.66. The largest absolute Gasteiger partial charge is 0.508 e. The minimum absolute atomic E-state index is 0.0648. The van der Waals surface area contributed by atoms with Crippen LogP contribution in [0.4, 0.5) is 0 Å². The van der Waals surface area contributed by atoms with Crippen LogP contribution in [0.15, 0.2) is 47.2 Å². The number of carbonyl (C=O) groups is 3. The number of rotatable bonds is 8. The number of Topliss-reactive ketones (excluding diaryl/α,β-unsaturated/α-hetero) is 3. The van der Waals surface area contributed by atoms with Gasteiger partial charge in [-0.1, -0.05) is 85.6 Å². The third-order valence-corrected chi connectivity index (χ3v) is 11.4. The van der Waals surface area contributed by atoms with E-state index in [0.29, 0.717) is 11.5 Å². The van der Waals surface area contributed by atoms with Crippen LogP contribution in [-0.2, 0) is 33.6 Å². The molecule has 1 unspecified atom stereocenters. The van der Waals surface area contributed by atoms with Crippen LogP contribution in [0, 0.1) is 28.6 Å². The number of aryl methyl sites for hydroxylation is 1. The van der Waals surface area contributed by atoms with Crippen molar-refractivity contribution in [2.24, 2.45) is 28.6 Å². The van der Waals surface area contributed by atoms with Gasteiger partial charge in [0.1, 0.15) is 22.8 Å². The lowest BCUT2D eigenvalue weighted by Crippen LogP contribution is -2.69. The number of fused-ring (bicyclic) bond motifs is 3. The summed E-state index contributed by atoms with van der Waals surface area (Å²) in [6.45, 7) is 14.7. The maximum Gasteiger partial charge on any atom is 0.203 e. The molecule has 5 rings (SSSR count). The van der Waals surface area contributed by atoms with Crippen LogP contribution in [0.5, 0.6) is 5.75 Å². The van der Waals surface area contributed by atoms with Crippen molar-refractivity contribution in [1.29, 1.82) is 0 Å². The van der Waals surface area contributed by atoms with E-state index in [4.69, 9.17) is 0 Å². The minimum atomic E-state index is -2.62. The van der Waals surface area contributed by atoms with Gasteiger partial charge >= 0.3 is 0 Å². The Hall–Kier alpha value is -3.71. The van der Waals surface area contributed by atoms with Crippen LogP contribution in [0.3, 0.4) is 0 Å². The van der Waals surface area contributed by atoms with E-state index in [-0.39, 0.29) is 35.6 Å². The highest BCUT2D eigenvalue weighted by molar-refractivity contribution is 6.24. The molecule has 0 spiro atoms. The third kappa shape index (κ3) is 4.60. The second-order valence-electron chi connectivity index (χ2n) is 14.7. The van der Waals surface area contributed by atoms with Crippen molar-refractivity contribution in [3.8, 4) is 16.9 Å². The Morgan fingerprint density at radius 2 is 1.63 bits per heavy atom. The number of phenolic OH excluding ortho intramolecular Hbond substituents is 1. The number of aromatic hydroxyl groups is 1. The molecule has 4 N–H and O–H groups in total. The summed E-state index contributed by atoms with van der Waals surface area (Å²) in [5, 5.41) is 46.8. The Morgan fingerprint density at radius 3 is 2.20 bits per heavy atom. The molecule has 46 heavy (non-hydrogen) atoms. The van der Waals surface area contributed by atoms with E-state index in [9.17, 15) is 34.8 Å². The van der Waals surface area contributed by atoms with Gasteiger partial charge in [-0.3, -0.25) is 14.4 Å². The van der Waals surface area contributed by atoms with Crippen molar-refractivity contribution < 1.29 is 34.8 Å². The fraction of sp³-hybridized carbons (Fsp3) is 0.513. The van der Waals surface area contributed by atoms with E-state index in [1.807, 2.05) is 13.0 Å². The molecule has 0 radical (unpaired) electrons. The van der Waals surface area contributed by atoms with E-state index < -0.39 is 56.8 Å². The number of aliphatic hydroxyl groups excluding tert-OH is 2. The van der Waals surface area contributed by atoms with E-state index in [0.717, 1.165) is 49.3 Å². The fourth-order valence-corrected chi connectivity index (χ4v) is 9.19. The molecule has 3 aliphatic carbocycles. The lowest BCUT2D eigenvalue weighted by atomic mass is 9.43. The molecule has 0 aromatic heterocycles. The van der Waals surface area contributed by atoms with Crippen LogP contribution < -0.4 is 0 Å². The number of carbonyl (C=O) groups excluding carboxylic acids is 3. The van der Waals surface area contributed by atoms with Crippen molar-refractivity contribution in [3.63, 3.8) is 0 Å². The number of aliphatic hydroxyl groups is 3. The molecule has 0 bridgehead atoms. The maximum atomic E-state index is 14.6. The molecule has 246 valence electrons. The van der Waals surface area contributed by atoms with E-state index in [2.05, 4.69) is 39.0 Å². The predicted molar refractivity (Wildman–Crippen MR) is 178 cm³/mol. The van der Waals surface area contributed by atoms with Gasteiger partial charge in [-0.25, -0.2) is 0 Å². The number of benzene rings is 2. The zero-order valence-electron chi connectivity index (χ0n) is 28.4. The Kier molecular flexibility index (Phi) is 8.42. The molecule has 1 fully saturated rings. The van der Waals surface area contributed by atoms with Crippen molar-refractivity contribution in [3.05, 3.63) is 69.5 Å². The number of ketones is 3. The highest BCUT2D eigenvalue weighted by atomic mass is 16.3. The Bertz CT molecular complexity index is 1710. The first-order valence-corrected chi connectivity index (χ1v) is 16.7. The lowest BCUT2D eigenvalue weighted by molar-refractivity contribution is -0.178. The summed E-state index contributed by atoms with van der Waals surface area (Å²) < 4.78 is 0. The smallest absolute Gasteiger partial charge is 0.203 e. The van der Waals surface area contributed by atoms with Crippen molar-refractivity contribution in [2.75, 3.05) is 0 Å². The molecule has 0 aliphatic heterocycles. The number of allylic oxidation sites excluding steroid dienone is 1. The van der Waals surface area contributed by atoms with Crippen molar-refractivity contribution in [2.45, 2.75) is 99.5 Å². The topological polar surface area (TPSA) is 132 Å². The molecule has 3 aliphatic rings. The average molecular weight is 629 g/mol. The zero-order chi connectivity index (χ0) is 34.1. The molecule has 7 heteroatoms. The monoisotopic (exact) mass is 628 g/mol. The molecule has 2 aromatic rings. The summed E-state index contributed by atoms with van der Waals surface area (Å²) in [5.41, 5.74) is -0.875. The molecule has 0 amide bonds. The van der Waals surface area contributed by atoms with E-state index in [1.165, 1.54) is 11.6 Å². The molecule has 1 saturated carbocycles. The fourth-order valence-electron chi connectivity index (χ4n) is 9.19. The van der Waals surface area contributed by atoms with Gasteiger partial charge in [0.05, 0.1) is 5.56 Å². The van der Waals surface area contributed by atoms with Gasteiger partial charge in [0.25, 0.3) is 0 Å². The summed E-state index contributed by atoms with van der Waals surface area (Å²) >= 11 is 0. The number of phenols is 1. The van der Waals surface area contributed by atoms with Gasteiger partial charge in [0.15, 0.2) is 17.2 Å². The molecule has 4 atom stereocenters. The zero-order valence-corrected chi connectivity index (χ0v) is 28.4. The van der Waals surface area contributed by atoms with Gasteiger partial charge in [-0.05, 0) is 78.3 Å². The average Bonchev–Trinajstić information content (AvgIpc) is 2.97. The number of hydrogen-bond donors (Lipinski definition) is 4. The summed E-state index contributed by atoms with van der Waals surface area (Å²) in [6, 6.07) is 9.91. The summed E-state index contributed by atoms with van der Waals surface area (Å²) in [6.07, 6.45) is 4.17. The summed E-state index contributed by atoms with van der Waals surface area (Å²) in [4.78, 5) is 41.0. The molecular weight excluding hydrogens is 580 g/mol. The van der Waals surface area contributed by atoms with Gasteiger partial charge in [-0.2, -0.15) is 0 Å². The highest BCUT2D eigenvalue weighted by Gasteiger charge is 2.72. The first-order chi connectivity index (χ1) is 21.5. The molecule has 7 nitrogen and oxygen atoms in total. The van der Waals surface area contributed by atoms with Crippen LogP contribution in [-0.4, -0.2) is 43.4 Å². The lowest BCUT2D eigenvalue weighted by Gasteiger charge is -2.59.